The van der Waals surface area contributed by atoms with Gasteiger partial charge in [-0.05, 0) is 18.2 Å². The normalized spacial score (nSPS) is 14.9. The zero-order chi connectivity index (χ0) is 26.6. The van der Waals surface area contributed by atoms with Gasteiger partial charge in [0.25, 0.3) is 0 Å². The van der Waals surface area contributed by atoms with Crippen LogP contribution in [-0.4, -0.2) is 80.7 Å². The Morgan fingerprint density at radius 1 is 1.03 bits per heavy atom. The fourth-order valence-corrected chi connectivity index (χ4v) is 3.31. The zero-order valence-electron chi connectivity index (χ0n) is 19.1. The summed E-state index contributed by atoms with van der Waals surface area (Å²) in [6.45, 7) is -1.93. The van der Waals surface area contributed by atoms with E-state index in [0.717, 1.165) is 18.5 Å². The first kappa shape index (κ1) is 29.9. The van der Waals surface area contributed by atoms with Crippen LogP contribution in [-0.2, 0) is 6.18 Å². The van der Waals surface area contributed by atoms with Crippen LogP contribution in [0.3, 0.4) is 0 Å². The van der Waals surface area contributed by atoms with E-state index in [2.05, 4.69) is 15.3 Å². The van der Waals surface area contributed by atoms with Gasteiger partial charge in [-0.15, -0.1) is 0 Å². The Labute approximate surface area is 206 Å². The fourth-order valence-electron chi connectivity index (χ4n) is 3.31. The lowest BCUT2D eigenvalue weighted by molar-refractivity contribution is -0.139. The Balaban J connectivity index is 0.00000481. The molecule has 1 heterocycles. The number of aromatic nitrogens is 2. The highest BCUT2D eigenvalue weighted by Gasteiger charge is 2.35. The minimum absolute atomic E-state index is 0. The molecule has 0 fully saturated rings. The maximum absolute atomic E-state index is 14.5. The Morgan fingerprint density at radius 2 is 1.73 bits per heavy atom. The van der Waals surface area contributed by atoms with E-state index in [9.17, 15) is 37.3 Å². The van der Waals surface area contributed by atoms with Crippen LogP contribution in [0, 0.1) is 5.82 Å². The number of alkyl halides is 4. The third-order valence-corrected chi connectivity index (χ3v) is 5.21. The van der Waals surface area contributed by atoms with Crippen molar-refractivity contribution in [3.8, 4) is 11.5 Å². The Morgan fingerprint density at radius 3 is 2.32 bits per heavy atom. The average Bonchev–Trinajstić information content (AvgIpc) is 2.85. The van der Waals surface area contributed by atoms with Crippen molar-refractivity contribution >= 4 is 22.4 Å². The molecule has 0 amide bonds. The summed E-state index contributed by atoms with van der Waals surface area (Å²) in [5, 5.41) is 41.0. The lowest BCUT2D eigenvalue weighted by Gasteiger charge is -2.28. The monoisotopic (exact) mass is 537 g/mol. The predicted molar refractivity (Wildman–Crippen MR) is 120 cm³/mol. The summed E-state index contributed by atoms with van der Waals surface area (Å²) in [5.74, 6) is -1.73. The maximum atomic E-state index is 14.5. The van der Waals surface area contributed by atoms with Gasteiger partial charge < -0.3 is 40.7 Å². The summed E-state index contributed by atoms with van der Waals surface area (Å²) in [6, 6.07) is 5.29. The van der Waals surface area contributed by atoms with E-state index in [1.165, 1.54) is 19.2 Å². The van der Waals surface area contributed by atoms with Gasteiger partial charge in [0.1, 0.15) is 24.4 Å². The van der Waals surface area contributed by atoms with E-state index >= 15 is 0 Å². The molecule has 15 heteroatoms. The molecule has 7 N–H and O–H groups in total. The first-order valence-electron chi connectivity index (χ1n) is 10.4. The van der Waals surface area contributed by atoms with Crippen molar-refractivity contribution < 1.29 is 57.3 Å². The van der Waals surface area contributed by atoms with Crippen molar-refractivity contribution in [3.05, 3.63) is 48.0 Å². The van der Waals surface area contributed by atoms with Gasteiger partial charge in [-0.3, -0.25) is 0 Å². The highest BCUT2D eigenvalue weighted by molar-refractivity contribution is 5.93. The minimum atomic E-state index is -4.91. The number of halogens is 5. The molecule has 2 aromatic carbocycles. The quantitative estimate of drug-likeness (QED) is 0.241. The molecular weight excluding hydrogens is 513 g/mol. The molecule has 0 bridgehead atoms. The number of hydrogen-bond acceptors (Lipinski definition) is 9. The first-order chi connectivity index (χ1) is 17.0. The molecule has 0 radical (unpaired) electrons. The lowest BCUT2D eigenvalue weighted by atomic mass is 10.0. The molecule has 10 nitrogen and oxygen atoms in total. The van der Waals surface area contributed by atoms with Crippen LogP contribution < -0.4 is 14.8 Å². The number of hydrogen-bond donors (Lipinski definition) is 5. The van der Waals surface area contributed by atoms with Gasteiger partial charge in [-0.1, -0.05) is 6.07 Å². The number of aliphatic hydroxyl groups excluding tert-OH is 4. The number of ether oxygens (including phenoxy) is 2. The second kappa shape index (κ2) is 12.2. The van der Waals surface area contributed by atoms with Crippen molar-refractivity contribution in [2.45, 2.75) is 30.7 Å². The molecular formula is C22H24F5N3O7. The molecule has 4 atom stereocenters. The number of nitrogens with zero attached hydrogens (tertiary/aromatic N) is 2. The van der Waals surface area contributed by atoms with Crippen molar-refractivity contribution in [1.29, 1.82) is 0 Å². The van der Waals surface area contributed by atoms with Crippen LogP contribution in [0.5, 0.6) is 11.5 Å². The van der Waals surface area contributed by atoms with Crippen molar-refractivity contribution in [2.24, 2.45) is 0 Å². The van der Waals surface area contributed by atoms with Gasteiger partial charge in [-0.2, -0.15) is 13.2 Å². The Hall–Kier alpha value is -3.37. The predicted octanol–water partition coefficient (Wildman–Crippen LogP) is 1.51. The number of aliphatic hydroxyl groups is 4. The summed E-state index contributed by atoms with van der Waals surface area (Å²) in [7, 11) is 1.24. The molecule has 0 aliphatic heterocycles. The number of fused-ring (bicyclic) bond motifs is 1. The second-order valence-electron chi connectivity index (χ2n) is 7.55. The number of nitrogens with one attached hydrogen (secondary N) is 1. The molecule has 3 rings (SSSR count). The van der Waals surface area contributed by atoms with E-state index in [-0.39, 0.29) is 33.7 Å². The van der Waals surface area contributed by atoms with E-state index in [1.54, 1.807) is 0 Å². The van der Waals surface area contributed by atoms with Crippen molar-refractivity contribution in [3.63, 3.8) is 0 Å². The van der Waals surface area contributed by atoms with Gasteiger partial charge in [0.2, 0.25) is 0 Å². The van der Waals surface area contributed by atoms with Crippen molar-refractivity contribution in [1.82, 2.24) is 9.97 Å². The summed E-state index contributed by atoms with van der Waals surface area (Å²) in [4.78, 5) is 7.98. The summed E-state index contributed by atoms with van der Waals surface area (Å²) < 4.78 is 78.0. The van der Waals surface area contributed by atoms with E-state index in [4.69, 9.17) is 14.6 Å². The van der Waals surface area contributed by atoms with E-state index < -0.39 is 60.9 Å². The summed E-state index contributed by atoms with van der Waals surface area (Å²) in [5.41, 5.74) is -1.82. The van der Waals surface area contributed by atoms with Crippen LogP contribution in [0.4, 0.5) is 33.5 Å². The number of methoxy groups -OCH3 is 1. The average molecular weight is 537 g/mol. The number of benzene rings is 2. The Kier molecular flexibility index (Phi) is 9.88. The number of anilines is 2. The molecule has 37 heavy (non-hydrogen) atoms. The van der Waals surface area contributed by atoms with Gasteiger partial charge in [0.15, 0.2) is 29.6 Å². The smallest absolute Gasteiger partial charge is 0.419 e. The van der Waals surface area contributed by atoms with Crippen molar-refractivity contribution in [2.75, 3.05) is 25.6 Å². The molecule has 3 aromatic rings. The SMILES string of the molecule is COc1cc2c(Nc3cccc(C(F)(F)F)c3F)ncnc2cc1O[C@H](CO)[C@H](O)[C@@H](O)[C@H](F)CO.O. The molecule has 0 saturated heterocycles. The molecule has 0 aliphatic rings. The Bertz CT molecular complexity index is 1200. The fraction of sp³-hybridized carbons (Fsp3) is 0.364. The van der Waals surface area contributed by atoms with Gasteiger partial charge in [0.05, 0.1) is 37.1 Å². The third-order valence-electron chi connectivity index (χ3n) is 5.21. The molecule has 0 aliphatic carbocycles. The molecule has 204 valence electrons. The van der Waals surface area contributed by atoms with Crippen LogP contribution in [0.15, 0.2) is 36.7 Å². The van der Waals surface area contributed by atoms with Crippen LogP contribution in [0.25, 0.3) is 10.9 Å². The maximum Gasteiger partial charge on any atom is 0.419 e. The van der Waals surface area contributed by atoms with E-state index in [0.29, 0.717) is 6.07 Å². The largest absolute Gasteiger partial charge is 0.493 e. The molecule has 0 saturated carbocycles. The van der Waals surface area contributed by atoms with Gasteiger partial charge in [-0.25, -0.2) is 18.7 Å². The lowest BCUT2D eigenvalue weighted by Crippen LogP contribution is -2.48. The highest BCUT2D eigenvalue weighted by Crippen LogP contribution is 2.38. The first-order valence-corrected chi connectivity index (χ1v) is 10.4. The van der Waals surface area contributed by atoms with Gasteiger partial charge >= 0.3 is 6.18 Å². The minimum Gasteiger partial charge on any atom is -0.493 e. The van der Waals surface area contributed by atoms with Crippen LogP contribution in [0.2, 0.25) is 0 Å². The zero-order valence-corrected chi connectivity index (χ0v) is 19.1. The highest BCUT2D eigenvalue weighted by atomic mass is 19.4. The summed E-state index contributed by atoms with van der Waals surface area (Å²) >= 11 is 0. The molecule has 0 unspecified atom stereocenters. The van der Waals surface area contributed by atoms with Crippen LogP contribution in [0.1, 0.15) is 5.56 Å². The van der Waals surface area contributed by atoms with Gasteiger partial charge in [0, 0.05) is 11.5 Å². The molecule has 1 aromatic heterocycles. The standard InChI is InChI=1S/C22H22F5N3O6.H2O/c1-35-15-5-10-14(6-16(15)36-17(8-32)20(34)19(33)12(23)7-31)28-9-29-21(10)30-13-4-2-3-11(18(13)24)22(25,26)27;/h2-6,9,12,17,19-20,31-34H,7-8H2,1H3,(H,28,29,30);1H2/t12-,17-,19+,20+;/m1./s1. The van der Waals surface area contributed by atoms with Crippen LogP contribution >= 0.6 is 0 Å². The molecule has 0 spiro atoms. The number of rotatable bonds is 10. The van der Waals surface area contributed by atoms with E-state index in [1.807, 2.05) is 0 Å². The second-order valence-corrected chi connectivity index (χ2v) is 7.55. The summed E-state index contributed by atoms with van der Waals surface area (Å²) in [6.07, 6.45) is -11.6. The third kappa shape index (κ3) is 6.50. The topological polar surface area (TPSA) is 169 Å².